The Kier molecular flexibility index (Phi) is 3.42. The Morgan fingerprint density at radius 1 is 1.31 bits per heavy atom. The van der Waals surface area contributed by atoms with E-state index in [9.17, 15) is 9.18 Å². The van der Waals surface area contributed by atoms with Crippen LogP contribution >= 0.6 is 38.9 Å². The Morgan fingerprint density at radius 2 is 1.94 bits per heavy atom. The number of hydrogen-bond donors (Lipinski definition) is 0. The van der Waals surface area contributed by atoms with Crippen LogP contribution < -0.4 is 0 Å². The molecule has 0 amide bonds. The van der Waals surface area contributed by atoms with Crippen LogP contribution in [0.4, 0.5) is 4.39 Å². The zero-order chi connectivity index (χ0) is 11.7. The lowest BCUT2D eigenvalue weighted by Gasteiger charge is -1.96. The van der Waals surface area contributed by atoms with Gasteiger partial charge >= 0.3 is 0 Å². The second-order valence-electron chi connectivity index (χ2n) is 3.07. The van der Waals surface area contributed by atoms with Crippen LogP contribution in [0.25, 0.3) is 0 Å². The fraction of sp³-hybridized carbons (Fsp3) is 0. The monoisotopic (exact) mass is 318 g/mol. The molecule has 1 heterocycles. The predicted molar refractivity (Wildman–Crippen MR) is 66.9 cm³/mol. The van der Waals surface area contributed by atoms with Crippen molar-refractivity contribution < 1.29 is 9.18 Å². The van der Waals surface area contributed by atoms with Crippen LogP contribution in [0.5, 0.6) is 0 Å². The molecular weight excluding hydrogens is 315 g/mol. The van der Waals surface area contributed by atoms with E-state index in [1.165, 1.54) is 35.6 Å². The van der Waals surface area contributed by atoms with Crippen molar-refractivity contribution in [3.8, 4) is 0 Å². The lowest BCUT2D eigenvalue weighted by molar-refractivity contribution is 0.104. The van der Waals surface area contributed by atoms with Crippen molar-refractivity contribution in [2.75, 3.05) is 0 Å². The van der Waals surface area contributed by atoms with Gasteiger partial charge in [-0.3, -0.25) is 4.79 Å². The first-order chi connectivity index (χ1) is 7.58. The zero-order valence-corrected chi connectivity index (χ0v) is 11.0. The fourth-order valence-electron chi connectivity index (χ4n) is 1.20. The number of carbonyl (C=O) groups excluding carboxylic acids is 1. The third-order valence-corrected chi connectivity index (χ3v) is 4.45. The number of ketones is 1. The number of thiophene rings is 1. The van der Waals surface area contributed by atoms with E-state index in [4.69, 9.17) is 11.6 Å². The number of benzene rings is 1. The maximum Gasteiger partial charge on any atom is 0.203 e. The van der Waals surface area contributed by atoms with Gasteiger partial charge in [0, 0.05) is 5.56 Å². The predicted octanol–water partition coefficient (Wildman–Crippen LogP) is 4.53. The lowest BCUT2D eigenvalue weighted by atomic mass is 10.1. The molecule has 0 aliphatic heterocycles. The van der Waals surface area contributed by atoms with Gasteiger partial charge in [0.1, 0.15) is 5.82 Å². The normalized spacial score (nSPS) is 10.4. The Labute approximate surface area is 109 Å². The summed E-state index contributed by atoms with van der Waals surface area (Å²) >= 11 is 10.3. The molecule has 16 heavy (non-hydrogen) atoms. The molecule has 0 bridgehead atoms. The van der Waals surface area contributed by atoms with Crippen molar-refractivity contribution in [1.82, 2.24) is 0 Å². The second-order valence-corrected chi connectivity index (χ2v) is 5.85. The fourth-order valence-corrected chi connectivity index (χ4v) is 2.87. The van der Waals surface area contributed by atoms with Crippen LogP contribution in [-0.4, -0.2) is 5.78 Å². The molecule has 0 spiro atoms. The highest BCUT2D eigenvalue weighted by Gasteiger charge is 2.14. The maximum absolute atomic E-state index is 12.7. The molecular formula is C11H5BrClFOS. The van der Waals surface area contributed by atoms with E-state index in [0.717, 1.165) is 3.79 Å². The Hall–Kier alpha value is -0.710. The summed E-state index contributed by atoms with van der Waals surface area (Å²) in [5.41, 5.74) is 0.451. The van der Waals surface area contributed by atoms with E-state index in [-0.39, 0.29) is 11.6 Å². The van der Waals surface area contributed by atoms with Gasteiger partial charge in [-0.1, -0.05) is 11.6 Å². The standard InChI is InChI=1S/C11H5BrClFOS/c12-11-8(13)5-9(16-11)10(15)6-1-3-7(14)4-2-6/h1-5H. The van der Waals surface area contributed by atoms with Gasteiger partial charge in [0.15, 0.2) is 0 Å². The van der Waals surface area contributed by atoms with Gasteiger partial charge in [0.25, 0.3) is 0 Å². The quantitative estimate of drug-likeness (QED) is 0.743. The minimum atomic E-state index is -0.359. The van der Waals surface area contributed by atoms with Crippen LogP contribution in [0.1, 0.15) is 15.2 Å². The first-order valence-electron chi connectivity index (χ1n) is 4.33. The van der Waals surface area contributed by atoms with Crippen molar-refractivity contribution in [2.45, 2.75) is 0 Å². The zero-order valence-electron chi connectivity index (χ0n) is 7.84. The van der Waals surface area contributed by atoms with Crippen molar-refractivity contribution in [3.63, 3.8) is 0 Å². The van der Waals surface area contributed by atoms with E-state index < -0.39 is 0 Å². The first kappa shape index (κ1) is 11.8. The highest BCUT2D eigenvalue weighted by molar-refractivity contribution is 9.11. The number of carbonyl (C=O) groups is 1. The van der Waals surface area contributed by atoms with Gasteiger partial charge in [-0.2, -0.15) is 0 Å². The smallest absolute Gasteiger partial charge is 0.203 e. The van der Waals surface area contributed by atoms with E-state index in [0.29, 0.717) is 15.5 Å². The largest absolute Gasteiger partial charge is 0.288 e. The van der Waals surface area contributed by atoms with E-state index >= 15 is 0 Å². The molecule has 0 radical (unpaired) electrons. The summed E-state index contributed by atoms with van der Waals surface area (Å²) in [6, 6.07) is 7.04. The van der Waals surface area contributed by atoms with E-state index in [2.05, 4.69) is 15.9 Å². The molecule has 5 heteroatoms. The first-order valence-corrected chi connectivity index (χ1v) is 6.32. The van der Waals surface area contributed by atoms with Gasteiger partial charge < -0.3 is 0 Å². The molecule has 0 saturated carbocycles. The summed E-state index contributed by atoms with van der Waals surface area (Å²) in [4.78, 5) is 12.5. The van der Waals surface area contributed by atoms with Gasteiger partial charge in [-0.15, -0.1) is 11.3 Å². The van der Waals surface area contributed by atoms with Gasteiger partial charge in [-0.05, 0) is 46.3 Å². The molecule has 82 valence electrons. The molecule has 1 aromatic carbocycles. The number of rotatable bonds is 2. The van der Waals surface area contributed by atoms with Crippen LogP contribution in [0.2, 0.25) is 5.02 Å². The van der Waals surface area contributed by atoms with Crippen molar-refractivity contribution >= 4 is 44.7 Å². The Balaban J connectivity index is 2.35. The van der Waals surface area contributed by atoms with Crippen molar-refractivity contribution in [2.24, 2.45) is 0 Å². The summed E-state index contributed by atoms with van der Waals surface area (Å²) in [5.74, 6) is -0.514. The SMILES string of the molecule is O=C(c1ccc(F)cc1)c1cc(Cl)c(Br)s1. The van der Waals surface area contributed by atoms with Gasteiger partial charge in [0.05, 0.1) is 13.7 Å². The molecule has 0 aliphatic rings. The number of hydrogen-bond acceptors (Lipinski definition) is 2. The van der Waals surface area contributed by atoms with Crippen LogP contribution in [0.15, 0.2) is 34.1 Å². The second kappa shape index (κ2) is 4.65. The highest BCUT2D eigenvalue weighted by atomic mass is 79.9. The van der Waals surface area contributed by atoms with Gasteiger partial charge in [-0.25, -0.2) is 4.39 Å². The third-order valence-electron chi connectivity index (χ3n) is 1.98. The molecule has 2 rings (SSSR count). The van der Waals surface area contributed by atoms with Gasteiger partial charge in [0.2, 0.25) is 5.78 Å². The lowest BCUT2D eigenvalue weighted by Crippen LogP contribution is -1.97. The summed E-state index contributed by atoms with van der Waals surface area (Å²) < 4.78 is 13.4. The molecule has 0 atom stereocenters. The number of halogens is 3. The molecule has 0 aliphatic carbocycles. The summed E-state index contributed by atoms with van der Waals surface area (Å²) in [6.45, 7) is 0. The third kappa shape index (κ3) is 2.34. The highest BCUT2D eigenvalue weighted by Crippen LogP contribution is 2.33. The molecule has 2 aromatic rings. The summed E-state index contributed by atoms with van der Waals surface area (Å²) in [6.07, 6.45) is 0. The van der Waals surface area contributed by atoms with Crippen LogP contribution in [0, 0.1) is 5.82 Å². The summed E-state index contributed by atoms with van der Waals surface area (Å²) in [5, 5.41) is 0.510. The summed E-state index contributed by atoms with van der Waals surface area (Å²) in [7, 11) is 0. The maximum atomic E-state index is 12.7. The van der Waals surface area contributed by atoms with Crippen molar-refractivity contribution in [1.29, 1.82) is 0 Å². The van der Waals surface area contributed by atoms with E-state index in [1.54, 1.807) is 6.07 Å². The topological polar surface area (TPSA) is 17.1 Å². The molecule has 1 nitrogen and oxygen atoms in total. The minimum absolute atomic E-state index is 0.155. The Bertz CT molecular complexity index is 516. The molecule has 0 fully saturated rings. The average molecular weight is 320 g/mol. The van der Waals surface area contributed by atoms with Crippen LogP contribution in [0.3, 0.4) is 0 Å². The van der Waals surface area contributed by atoms with E-state index in [1.807, 2.05) is 0 Å². The minimum Gasteiger partial charge on any atom is -0.288 e. The molecule has 0 saturated heterocycles. The van der Waals surface area contributed by atoms with Crippen molar-refractivity contribution in [3.05, 3.63) is 55.4 Å². The van der Waals surface area contributed by atoms with Crippen LogP contribution in [-0.2, 0) is 0 Å². The molecule has 0 unspecified atom stereocenters. The Morgan fingerprint density at radius 3 is 2.44 bits per heavy atom. The molecule has 1 aromatic heterocycles. The average Bonchev–Trinajstić information content (AvgIpc) is 2.59. The molecule has 0 N–H and O–H groups in total.